The van der Waals surface area contributed by atoms with Crippen LogP contribution in [0, 0.1) is 11.8 Å². The summed E-state index contributed by atoms with van der Waals surface area (Å²) in [5.41, 5.74) is 2.98. The molecule has 1 saturated heterocycles. The lowest BCUT2D eigenvalue weighted by Gasteiger charge is -2.54. The highest BCUT2D eigenvalue weighted by Gasteiger charge is 2.73. The Morgan fingerprint density at radius 2 is 1.33 bits per heavy atom. The second-order valence-electron chi connectivity index (χ2n) is 9.96. The molecule has 198 valence electrons. The Balaban J connectivity index is 1.31. The molecule has 1 aliphatic heterocycles. The fourth-order valence-electron chi connectivity index (χ4n) is 6.31. The molecule has 0 spiro atoms. The van der Waals surface area contributed by atoms with E-state index in [1.807, 2.05) is 48.5 Å². The molecule has 7 nitrogen and oxygen atoms in total. The van der Waals surface area contributed by atoms with E-state index in [4.69, 9.17) is 32.7 Å². The van der Waals surface area contributed by atoms with Crippen molar-refractivity contribution in [1.29, 1.82) is 0 Å². The second-order valence-corrected chi connectivity index (χ2v) is 11.1. The standard InChI is InChI=1S/C30H23Cl2NO6/c1-16(28(37)39-15-23(34)17-8-7-9-18(14-17)38-2)33-26(35)24-25(27(33)36)30(32)20-11-4-3-10-19(20)29(24,31)21-12-5-6-13-22(21)30/h3-14,16,24-25H,15H2,1-2H3/t16-,24-,25+,29?,30?/m1/s1. The number of hydrogen-bond acceptors (Lipinski definition) is 6. The van der Waals surface area contributed by atoms with Gasteiger partial charge in [0.15, 0.2) is 12.4 Å². The average molecular weight is 564 g/mol. The number of ketones is 1. The first-order chi connectivity index (χ1) is 18.6. The molecule has 9 heteroatoms. The Morgan fingerprint density at radius 3 is 1.79 bits per heavy atom. The van der Waals surface area contributed by atoms with Crippen molar-refractivity contribution in [3.8, 4) is 5.75 Å². The number of esters is 1. The van der Waals surface area contributed by atoms with Gasteiger partial charge in [-0.3, -0.25) is 19.3 Å². The lowest BCUT2D eigenvalue weighted by Crippen LogP contribution is -2.57. The summed E-state index contributed by atoms with van der Waals surface area (Å²) in [6.45, 7) is 0.838. The lowest BCUT2D eigenvalue weighted by atomic mass is 9.54. The van der Waals surface area contributed by atoms with Crippen LogP contribution in [0.1, 0.15) is 39.5 Å². The summed E-state index contributed by atoms with van der Waals surface area (Å²) >= 11 is 14.8. The number of rotatable bonds is 6. The molecule has 1 heterocycles. The molecule has 3 atom stereocenters. The number of benzene rings is 3. The van der Waals surface area contributed by atoms with Crippen LogP contribution in [-0.4, -0.2) is 48.2 Å². The number of amides is 2. The molecule has 39 heavy (non-hydrogen) atoms. The molecule has 0 unspecified atom stereocenters. The SMILES string of the molecule is COc1cccc(C(=O)COC(=O)[C@@H](C)N2C(=O)[C@@H]3[C@H](C2=O)C2(Cl)c4ccccc4C3(Cl)c3ccccc32)c1. The first kappa shape index (κ1) is 25.6. The molecular formula is C30H23Cl2NO6. The summed E-state index contributed by atoms with van der Waals surface area (Å²) in [7, 11) is 1.48. The molecule has 0 N–H and O–H groups in total. The first-order valence-electron chi connectivity index (χ1n) is 12.4. The van der Waals surface area contributed by atoms with Gasteiger partial charge in [-0.1, -0.05) is 60.7 Å². The number of carbonyl (C=O) groups excluding carboxylic acids is 4. The van der Waals surface area contributed by atoms with Gasteiger partial charge in [0.25, 0.3) is 0 Å². The Hall–Kier alpha value is -3.68. The fraction of sp³-hybridized carbons (Fsp3) is 0.267. The predicted octanol–water partition coefficient (Wildman–Crippen LogP) is 4.40. The van der Waals surface area contributed by atoms with Crippen LogP contribution in [0.4, 0.5) is 0 Å². The maximum Gasteiger partial charge on any atom is 0.329 e. The topological polar surface area (TPSA) is 90.0 Å². The third-order valence-electron chi connectivity index (χ3n) is 8.09. The molecule has 3 aromatic carbocycles. The quantitative estimate of drug-likeness (QED) is 0.191. The van der Waals surface area contributed by atoms with Crippen LogP contribution in [0.25, 0.3) is 0 Å². The number of carbonyl (C=O) groups is 4. The second kappa shape index (κ2) is 8.93. The largest absolute Gasteiger partial charge is 0.497 e. The van der Waals surface area contributed by atoms with Crippen molar-refractivity contribution in [2.75, 3.05) is 13.7 Å². The third-order valence-corrected chi connectivity index (χ3v) is 9.37. The number of likely N-dealkylation sites (tertiary alicyclic amines) is 1. The van der Waals surface area contributed by atoms with Gasteiger partial charge in [0.2, 0.25) is 11.8 Å². The highest BCUT2D eigenvalue weighted by atomic mass is 35.5. The molecule has 7 rings (SSSR count). The van der Waals surface area contributed by atoms with Crippen LogP contribution in [0.3, 0.4) is 0 Å². The van der Waals surface area contributed by atoms with E-state index in [1.54, 1.807) is 18.2 Å². The minimum absolute atomic E-state index is 0.300. The van der Waals surface area contributed by atoms with E-state index in [0.717, 1.165) is 4.90 Å². The van der Waals surface area contributed by atoms with Gasteiger partial charge in [0, 0.05) is 5.56 Å². The number of nitrogens with zero attached hydrogens (tertiary/aromatic N) is 1. The summed E-state index contributed by atoms with van der Waals surface area (Å²) < 4.78 is 10.4. The Kier molecular flexibility index (Phi) is 5.86. The van der Waals surface area contributed by atoms with E-state index in [9.17, 15) is 19.2 Å². The summed E-state index contributed by atoms with van der Waals surface area (Å²) in [4.78, 5) is 51.8. The number of halogens is 2. The zero-order chi connectivity index (χ0) is 27.7. The Labute approximate surface area is 234 Å². The van der Waals surface area contributed by atoms with Gasteiger partial charge >= 0.3 is 5.97 Å². The van der Waals surface area contributed by atoms with Gasteiger partial charge in [-0.05, 0) is 41.3 Å². The van der Waals surface area contributed by atoms with Crippen LogP contribution < -0.4 is 4.74 Å². The highest BCUT2D eigenvalue weighted by molar-refractivity contribution is 6.36. The zero-order valence-electron chi connectivity index (χ0n) is 21.0. The number of ether oxygens (including phenoxy) is 2. The van der Waals surface area contributed by atoms with Gasteiger partial charge in [0.05, 0.1) is 18.9 Å². The van der Waals surface area contributed by atoms with Crippen molar-refractivity contribution in [2.45, 2.75) is 22.7 Å². The first-order valence-corrected chi connectivity index (χ1v) is 13.2. The van der Waals surface area contributed by atoms with Crippen molar-refractivity contribution in [2.24, 2.45) is 11.8 Å². The smallest absolute Gasteiger partial charge is 0.329 e. The molecule has 2 amide bonds. The molecule has 3 aromatic rings. The number of Topliss-reactive ketones (excluding diaryl/α,β-unsaturated/α-hetero) is 1. The fourth-order valence-corrected chi connectivity index (χ4v) is 7.41. The average Bonchev–Trinajstić information content (AvgIpc) is 3.24. The van der Waals surface area contributed by atoms with Gasteiger partial charge in [-0.2, -0.15) is 0 Å². The van der Waals surface area contributed by atoms with Crippen molar-refractivity contribution in [3.05, 3.63) is 101 Å². The van der Waals surface area contributed by atoms with E-state index in [-0.39, 0.29) is 0 Å². The number of imide groups is 1. The van der Waals surface area contributed by atoms with Crippen molar-refractivity contribution >= 4 is 46.8 Å². The summed E-state index contributed by atoms with van der Waals surface area (Å²) in [6, 6.07) is 19.7. The predicted molar refractivity (Wildman–Crippen MR) is 143 cm³/mol. The molecule has 0 aromatic heterocycles. The van der Waals surface area contributed by atoms with Gasteiger partial charge < -0.3 is 9.47 Å². The maximum absolute atomic E-state index is 14.0. The molecule has 2 bridgehead atoms. The summed E-state index contributed by atoms with van der Waals surface area (Å²) in [6.07, 6.45) is 0. The monoisotopic (exact) mass is 563 g/mol. The van der Waals surface area contributed by atoms with Crippen LogP contribution in [0.2, 0.25) is 0 Å². The number of alkyl halides is 2. The van der Waals surface area contributed by atoms with Gasteiger partial charge in [-0.15, -0.1) is 23.2 Å². The maximum atomic E-state index is 14.0. The van der Waals surface area contributed by atoms with E-state index in [0.29, 0.717) is 33.6 Å². The summed E-state index contributed by atoms with van der Waals surface area (Å²) in [5.74, 6) is -4.11. The van der Waals surface area contributed by atoms with Gasteiger partial charge in [0.1, 0.15) is 21.5 Å². The van der Waals surface area contributed by atoms with Crippen molar-refractivity contribution in [3.63, 3.8) is 0 Å². The van der Waals surface area contributed by atoms with Crippen LogP contribution in [-0.2, 0) is 28.9 Å². The zero-order valence-corrected chi connectivity index (χ0v) is 22.5. The van der Waals surface area contributed by atoms with Crippen molar-refractivity contribution in [1.82, 2.24) is 4.90 Å². The minimum Gasteiger partial charge on any atom is -0.497 e. The van der Waals surface area contributed by atoms with Crippen LogP contribution in [0.15, 0.2) is 72.8 Å². The van der Waals surface area contributed by atoms with Crippen molar-refractivity contribution < 1.29 is 28.7 Å². The van der Waals surface area contributed by atoms with Crippen LogP contribution >= 0.6 is 23.2 Å². The van der Waals surface area contributed by atoms with Gasteiger partial charge in [-0.25, -0.2) is 4.79 Å². The molecule has 4 aliphatic rings. The van der Waals surface area contributed by atoms with E-state index in [1.165, 1.54) is 20.1 Å². The number of hydrogen-bond donors (Lipinski definition) is 0. The third kappa shape index (κ3) is 3.36. The molecule has 0 radical (unpaired) electrons. The molecule has 1 fully saturated rings. The Morgan fingerprint density at radius 1 is 0.846 bits per heavy atom. The molecule has 0 saturated carbocycles. The lowest BCUT2D eigenvalue weighted by molar-refractivity contribution is -0.157. The normalized spacial score (nSPS) is 26.9. The highest BCUT2D eigenvalue weighted by Crippen LogP contribution is 2.69. The Bertz CT molecular complexity index is 1450. The number of methoxy groups -OCH3 is 1. The summed E-state index contributed by atoms with van der Waals surface area (Å²) in [5, 5.41) is 0. The van der Waals surface area contributed by atoms with E-state index < -0.39 is 57.8 Å². The van der Waals surface area contributed by atoms with E-state index >= 15 is 0 Å². The van der Waals surface area contributed by atoms with Crippen LogP contribution in [0.5, 0.6) is 5.75 Å². The molecular weight excluding hydrogens is 541 g/mol. The minimum atomic E-state index is -1.35. The van der Waals surface area contributed by atoms with E-state index in [2.05, 4.69) is 0 Å². The molecule has 3 aliphatic carbocycles.